The topological polar surface area (TPSA) is 50.8 Å². The minimum absolute atomic E-state index is 0.205. The van der Waals surface area contributed by atoms with E-state index in [2.05, 4.69) is 5.32 Å². The zero-order valence-electron chi connectivity index (χ0n) is 16.7. The van der Waals surface area contributed by atoms with E-state index in [1.807, 2.05) is 60.7 Å². The summed E-state index contributed by atoms with van der Waals surface area (Å²) in [6, 6.07) is 22.1. The van der Waals surface area contributed by atoms with Gasteiger partial charge < -0.3 is 14.8 Å². The Morgan fingerprint density at radius 1 is 1.06 bits per heavy atom. The van der Waals surface area contributed by atoms with Gasteiger partial charge in [0.25, 0.3) is 5.91 Å². The Bertz CT molecular complexity index is 1160. The molecule has 3 aromatic rings. The number of halogens is 1. The smallest absolute Gasteiger partial charge is 0.281 e. The first-order chi connectivity index (χ1) is 15.0. The number of thiocarbonyl (C=S) groups is 1. The summed E-state index contributed by atoms with van der Waals surface area (Å²) in [5.41, 5.74) is 2.78. The van der Waals surface area contributed by atoms with Gasteiger partial charge >= 0.3 is 0 Å². The third-order valence-electron chi connectivity index (χ3n) is 4.70. The lowest BCUT2D eigenvalue weighted by atomic mass is 10.1. The van der Waals surface area contributed by atoms with Gasteiger partial charge in [0.05, 0.1) is 12.8 Å². The molecule has 1 amide bonds. The highest BCUT2D eigenvalue weighted by Crippen LogP contribution is 2.26. The summed E-state index contributed by atoms with van der Waals surface area (Å²) in [5, 5.41) is 3.96. The third kappa shape index (κ3) is 4.71. The fourth-order valence-corrected chi connectivity index (χ4v) is 3.71. The number of carbonyl (C=O) groups excluding carboxylic acids is 1. The standard InChI is InChI=1S/C24H19ClN2O3S/c1-29-22-11-10-16(12-17(22)15-30-20-9-5-6-18(25)14-20)13-21-23(28)27(24(31)26-21)19-7-3-2-4-8-19/h2-14H,15H2,1H3,(H,26,31)/b21-13+. The molecule has 1 heterocycles. The monoisotopic (exact) mass is 450 g/mol. The van der Waals surface area contributed by atoms with Crippen LogP contribution in [-0.4, -0.2) is 18.1 Å². The summed E-state index contributed by atoms with van der Waals surface area (Å²) in [7, 11) is 1.61. The molecule has 0 unspecified atom stereocenters. The molecular weight excluding hydrogens is 432 g/mol. The normalized spacial score (nSPS) is 14.6. The number of benzene rings is 3. The van der Waals surface area contributed by atoms with Gasteiger partial charge in [0, 0.05) is 10.6 Å². The lowest BCUT2D eigenvalue weighted by molar-refractivity contribution is -0.113. The van der Waals surface area contributed by atoms with E-state index in [9.17, 15) is 4.79 Å². The number of rotatable bonds is 6. The van der Waals surface area contributed by atoms with Crippen LogP contribution in [0.25, 0.3) is 6.08 Å². The molecule has 4 rings (SSSR count). The van der Waals surface area contributed by atoms with Gasteiger partial charge in [-0.15, -0.1) is 0 Å². The van der Waals surface area contributed by atoms with Gasteiger partial charge in [-0.2, -0.15) is 0 Å². The fraction of sp³-hybridized carbons (Fsp3) is 0.0833. The molecule has 0 aliphatic carbocycles. The number of methoxy groups -OCH3 is 1. The van der Waals surface area contributed by atoms with E-state index < -0.39 is 0 Å². The Kier molecular flexibility index (Phi) is 6.21. The second-order valence-electron chi connectivity index (χ2n) is 6.78. The van der Waals surface area contributed by atoms with Crippen molar-refractivity contribution in [2.75, 3.05) is 12.0 Å². The van der Waals surface area contributed by atoms with Gasteiger partial charge in [0.2, 0.25) is 0 Å². The van der Waals surface area contributed by atoms with Crippen molar-refractivity contribution < 1.29 is 14.3 Å². The number of anilines is 1. The molecule has 0 aromatic heterocycles. The molecule has 0 bridgehead atoms. The van der Waals surface area contributed by atoms with Crippen LogP contribution in [0.15, 0.2) is 78.5 Å². The summed E-state index contributed by atoms with van der Waals surface area (Å²) in [5.74, 6) is 1.15. The van der Waals surface area contributed by atoms with Gasteiger partial charge in [-0.05, 0) is 66.3 Å². The molecular formula is C24H19ClN2O3S. The maximum atomic E-state index is 12.9. The van der Waals surface area contributed by atoms with Crippen molar-refractivity contribution in [3.05, 3.63) is 94.6 Å². The first kappa shape index (κ1) is 20.9. The second kappa shape index (κ2) is 9.20. The molecule has 1 aliphatic rings. The van der Waals surface area contributed by atoms with Crippen LogP contribution >= 0.6 is 23.8 Å². The lowest BCUT2D eigenvalue weighted by Crippen LogP contribution is -2.30. The molecule has 31 heavy (non-hydrogen) atoms. The summed E-state index contributed by atoms with van der Waals surface area (Å²) < 4.78 is 11.3. The van der Waals surface area contributed by atoms with Crippen LogP contribution in [0, 0.1) is 0 Å². The first-order valence-corrected chi connectivity index (χ1v) is 10.3. The number of nitrogens with one attached hydrogen (secondary N) is 1. The molecule has 0 spiro atoms. The van der Waals surface area contributed by atoms with Gasteiger partial charge in [0.1, 0.15) is 23.8 Å². The predicted molar refractivity (Wildman–Crippen MR) is 126 cm³/mol. The molecule has 1 saturated heterocycles. The average Bonchev–Trinajstić information content (AvgIpc) is 3.05. The molecule has 0 atom stereocenters. The summed E-state index contributed by atoms with van der Waals surface area (Å²) in [4.78, 5) is 14.4. The van der Waals surface area contributed by atoms with Crippen molar-refractivity contribution in [3.63, 3.8) is 0 Å². The molecule has 1 aliphatic heterocycles. The number of carbonyl (C=O) groups is 1. The number of amides is 1. The van der Waals surface area contributed by atoms with Crippen LogP contribution in [0.5, 0.6) is 11.5 Å². The average molecular weight is 451 g/mol. The van der Waals surface area contributed by atoms with Crippen molar-refractivity contribution in [2.45, 2.75) is 6.61 Å². The molecule has 0 saturated carbocycles. The first-order valence-electron chi connectivity index (χ1n) is 9.52. The van der Waals surface area contributed by atoms with E-state index in [-0.39, 0.29) is 12.5 Å². The van der Waals surface area contributed by atoms with Crippen molar-refractivity contribution in [1.82, 2.24) is 5.32 Å². The second-order valence-corrected chi connectivity index (χ2v) is 7.60. The molecule has 1 fully saturated rings. The van der Waals surface area contributed by atoms with E-state index in [0.717, 1.165) is 16.8 Å². The van der Waals surface area contributed by atoms with Crippen LogP contribution in [0.3, 0.4) is 0 Å². The Morgan fingerprint density at radius 2 is 1.87 bits per heavy atom. The van der Waals surface area contributed by atoms with Crippen LogP contribution in [0.2, 0.25) is 5.02 Å². The summed E-state index contributed by atoms with van der Waals surface area (Å²) >= 11 is 11.4. The predicted octanol–water partition coefficient (Wildman–Crippen LogP) is 5.19. The fourth-order valence-electron chi connectivity index (χ4n) is 3.23. The Morgan fingerprint density at radius 3 is 2.61 bits per heavy atom. The Balaban J connectivity index is 1.57. The Labute approximate surface area is 190 Å². The van der Waals surface area contributed by atoms with E-state index in [1.165, 1.54) is 4.90 Å². The maximum absolute atomic E-state index is 12.9. The van der Waals surface area contributed by atoms with Crippen molar-refractivity contribution in [1.29, 1.82) is 0 Å². The van der Waals surface area contributed by atoms with Crippen LogP contribution in [0.4, 0.5) is 5.69 Å². The molecule has 1 N–H and O–H groups in total. The van der Waals surface area contributed by atoms with E-state index >= 15 is 0 Å². The molecule has 3 aromatic carbocycles. The molecule has 7 heteroatoms. The minimum Gasteiger partial charge on any atom is -0.496 e. The number of para-hydroxylation sites is 1. The maximum Gasteiger partial charge on any atom is 0.281 e. The van der Waals surface area contributed by atoms with Crippen molar-refractivity contribution in [3.8, 4) is 11.5 Å². The number of nitrogens with zero attached hydrogens (tertiary/aromatic N) is 1. The largest absolute Gasteiger partial charge is 0.496 e. The third-order valence-corrected chi connectivity index (χ3v) is 5.22. The number of ether oxygens (including phenoxy) is 2. The molecule has 0 radical (unpaired) electrons. The zero-order valence-corrected chi connectivity index (χ0v) is 18.2. The minimum atomic E-state index is -0.205. The summed E-state index contributed by atoms with van der Waals surface area (Å²) in [6.45, 7) is 0.288. The highest BCUT2D eigenvalue weighted by atomic mass is 35.5. The van der Waals surface area contributed by atoms with Crippen molar-refractivity contribution >= 4 is 46.6 Å². The van der Waals surface area contributed by atoms with Gasteiger partial charge in [-0.25, -0.2) is 0 Å². The van der Waals surface area contributed by atoms with Crippen LogP contribution in [0.1, 0.15) is 11.1 Å². The van der Waals surface area contributed by atoms with E-state index in [4.69, 9.17) is 33.3 Å². The zero-order chi connectivity index (χ0) is 21.8. The molecule has 5 nitrogen and oxygen atoms in total. The number of hydrogen-bond acceptors (Lipinski definition) is 4. The number of hydrogen-bond donors (Lipinski definition) is 1. The van der Waals surface area contributed by atoms with E-state index in [1.54, 1.807) is 25.3 Å². The van der Waals surface area contributed by atoms with Crippen LogP contribution in [-0.2, 0) is 11.4 Å². The quantitative estimate of drug-likeness (QED) is 0.413. The Hall–Kier alpha value is -3.35. The summed E-state index contributed by atoms with van der Waals surface area (Å²) in [6.07, 6.45) is 1.76. The SMILES string of the molecule is COc1ccc(/C=C2/NC(=S)N(c3ccccc3)C2=O)cc1COc1cccc(Cl)c1. The van der Waals surface area contributed by atoms with Crippen LogP contribution < -0.4 is 19.7 Å². The molecule has 156 valence electrons. The highest BCUT2D eigenvalue weighted by Gasteiger charge is 2.31. The van der Waals surface area contributed by atoms with Crippen molar-refractivity contribution in [2.24, 2.45) is 0 Å². The lowest BCUT2D eigenvalue weighted by Gasteiger charge is -2.13. The van der Waals surface area contributed by atoms with E-state index in [0.29, 0.717) is 27.3 Å². The highest BCUT2D eigenvalue weighted by molar-refractivity contribution is 7.80. The van der Waals surface area contributed by atoms with Gasteiger partial charge in [-0.1, -0.05) is 41.9 Å². The van der Waals surface area contributed by atoms with Gasteiger partial charge in [0.15, 0.2) is 5.11 Å². The van der Waals surface area contributed by atoms with Gasteiger partial charge in [-0.3, -0.25) is 9.69 Å².